The van der Waals surface area contributed by atoms with Crippen LogP contribution in [0.4, 0.5) is 0 Å². The molecule has 0 saturated carbocycles. The number of benzene rings is 1. The maximum Gasteiger partial charge on any atom is 0.328 e. The van der Waals surface area contributed by atoms with E-state index in [0.717, 1.165) is 30.3 Å². The summed E-state index contributed by atoms with van der Waals surface area (Å²) in [6, 6.07) is 10.1. The van der Waals surface area contributed by atoms with Crippen LogP contribution in [0.1, 0.15) is 43.6 Å². The third-order valence-corrected chi connectivity index (χ3v) is 6.94. The number of H-pyrrole nitrogens is 1. The van der Waals surface area contributed by atoms with Crippen molar-refractivity contribution in [2.24, 2.45) is 0 Å². The van der Waals surface area contributed by atoms with E-state index in [4.69, 9.17) is 4.98 Å². The van der Waals surface area contributed by atoms with Gasteiger partial charge in [0.1, 0.15) is 11.8 Å². The molecule has 1 aromatic carbocycles. The third kappa shape index (κ3) is 2.71. The van der Waals surface area contributed by atoms with E-state index in [0.29, 0.717) is 17.1 Å². The van der Waals surface area contributed by atoms with Gasteiger partial charge in [-0.3, -0.25) is 9.13 Å². The number of hydrogen-bond donors (Lipinski definition) is 1. The summed E-state index contributed by atoms with van der Waals surface area (Å²) in [6.45, 7) is 0. The normalized spacial score (nSPS) is 17.1. The molecule has 1 atom stereocenters. The minimum atomic E-state index is -0.130. The van der Waals surface area contributed by atoms with Crippen LogP contribution in [0.15, 0.2) is 53.0 Å². The fourth-order valence-electron chi connectivity index (χ4n) is 4.51. The molecule has 4 heterocycles. The summed E-state index contributed by atoms with van der Waals surface area (Å²) in [4.78, 5) is 31.1. The minimum Gasteiger partial charge on any atom is -0.303 e. The van der Waals surface area contributed by atoms with Crippen LogP contribution in [0.25, 0.3) is 28.1 Å². The average molecular weight is 419 g/mol. The molecule has 5 aromatic rings. The van der Waals surface area contributed by atoms with Gasteiger partial charge in [0, 0.05) is 6.30 Å². The van der Waals surface area contributed by atoms with E-state index in [1.165, 1.54) is 23.3 Å². The minimum absolute atomic E-state index is 0. The van der Waals surface area contributed by atoms with Crippen LogP contribution in [0.3, 0.4) is 0 Å². The van der Waals surface area contributed by atoms with Crippen LogP contribution < -0.4 is 5.69 Å². The fourth-order valence-corrected chi connectivity index (χ4v) is 5.49. The lowest BCUT2D eigenvalue weighted by atomic mass is 9.95. The standard InChI is InChI=1S/C22H20N6OS.H2/c29-22-25-16-12-23-21(27-13-24-15-6-4-5-8-18(15)27)26-20(16)28(22)17-7-2-1-3-9-19-14(17)10-11-30-19;/h4-6,8,10-13,17H,1-3,7,9H2,(H,25,29);1H. The molecule has 6 rings (SSSR count). The number of imidazole rings is 2. The smallest absolute Gasteiger partial charge is 0.303 e. The van der Waals surface area contributed by atoms with E-state index in [1.54, 1.807) is 23.9 Å². The maximum atomic E-state index is 13.0. The molecule has 7 nitrogen and oxygen atoms in total. The van der Waals surface area contributed by atoms with Crippen molar-refractivity contribution in [2.45, 2.75) is 38.1 Å². The van der Waals surface area contributed by atoms with E-state index in [1.807, 2.05) is 33.4 Å². The number of aryl methyl sites for hydroxylation is 1. The molecular weight excluding hydrogens is 396 g/mol. The lowest BCUT2D eigenvalue weighted by molar-refractivity contribution is 0.483. The zero-order chi connectivity index (χ0) is 20.1. The van der Waals surface area contributed by atoms with Gasteiger partial charge in [-0.25, -0.2) is 14.8 Å². The van der Waals surface area contributed by atoms with Crippen LogP contribution in [0.2, 0.25) is 0 Å². The van der Waals surface area contributed by atoms with Crippen molar-refractivity contribution in [3.8, 4) is 5.95 Å². The zero-order valence-electron chi connectivity index (χ0n) is 16.3. The Bertz CT molecular complexity index is 1430. The van der Waals surface area contributed by atoms with Gasteiger partial charge in [-0.1, -0.05) is 25.0 Å². The molecule has 0 spiro atoms. The summed E-state index contributed by atoms with van der Waals surface area (Å²) >= 11 is 1.79. The Morgan fingerprint density at radius 2 is 2.07 bits per heavy atom. The molecule has 0 fully saturated rings. The molecule has 0 aliphatic heterocycles. The number of nitrogens with zero attached hydrogens (tertiary/aromatic N) is 5. The first-order chi connectivity index (χ1) is 14.8. The largest absolute Gasteiger partial charge is 0.328 e. The Hall–Kier alpha value is -3.26. The molecule has 1 N–H and O–H groups in total. The number of hydrogen-bond acceptors (Lipinski definition) is 5. The molecule has 0 radical (unpaired) electrons. The van der Waals surface area contributed by atoms with E-state index >= 15 is 0 Å². The first-order valence-corrected chi connectivity index (χ1v) is 11.1. The van der Waals surface area contributed by atoms with Crippen LogP contribution in [-0.2, 0) is 6.42 Å². The average Bonchev–Trinajstić information content (AvgIpc) is 3.45. The van der Waals surface area contributed by atoms with E-state index in [-0.39, 0.29) is 13.2 Å². The lowest BCUT2D eigenvalue weighted by Crippen LogP contribution is -2.24. The maximum absolute atomic E-state index is 13.0. The Labute approximate surface area is 177 Å². The second-order valence-corrected chi connectivity index (χ2v) is 8.73. The Morgan fingerprint density at radius 3 is 3.03 bits per heavy atom. The summed E-state index contributed by atoms with van der Waals surface area (Å²) in [5.74, 6) is 0.514. The van der Waals surface area contributed by atoms with Gasteiger partial charge in [0.25, 0.3) is 0 Å². The van der Waals surface area contributed by atoms with Crippen LogP contribution in [0.5, 0.6) is 0 Å². The van der Waals surface area contributed by atoms with Gasteiger partial charge in [0.2, 0.25) is 5.95 Å². The Kier molecular flexibility index (Phi) is 4.05. The number of aromatic nitrogens is 6. The second-order valence-electron chi connectivity index (χ2n) is 7.72. The van der Waals surface area contributed by atoms with Gasteiger partial charge in [-0.15, -0.1) is 11.3 Å². The van der Waals surface area contributed by atoms with Gasteiger partial charge in [0.15, 0.2) is 5.65 Å². The van der Waals surface area contributed by atoms with Crippen molar-refractivity contribution < 1.29 is 1.43 Å². The van der Waals surface area contributed by atoms with Gasteiger partial charge < -0.3 is 4.98 Å². The second kappa shape index (κ2) is 6.91. The SMILES string of the molecule is O=c1[nH]c2cnc(-n3cnc4ccccc43)nc2n1C1CCCCCc2sccc21.[HH]. The predicted molar refractivity (Wildman–Crippen MR) is 120 cm³/mol. The van der Waals surface area contributed by atoms with Crippen LogP contribution >= 0.6 is 11.3 Å². The summed E-state index contributed by atoms with van der Waals surface area (Å²) in [6.07, 6.45) is 8.94. The van der Waals surface area contributed by atoms with Crippen molar-refractivity contribution in [1.82, 2.24) is 29.1 Å². The quantitative estimate of drug-likeness (QED) is 0.458. The molecule has 0 bridgehead atoms. The van der Waals surface area contributed by atoms with Crippen molar-refractivity contribution in [3.05, 3.63) is 69.2 Å². The number of rotatable bonds is 2. The molecular formula is C22H22N6OS. The molecule has 1 aliphatic rings. The van der Waals surface area contributed by atoms with Crippen molar-refractivity contribution in [2.75, 3.05) is 0 Å². The molecule has 0 amide bonds. The number of thiophene rings is 1. The van der Waals surface area contributed by atoms with Gasteiger partial charge in [-0.2, -0.15) is 4.98 Å². The molecule has 4 aromatic heterocycles. The lowest BCUT2D eigenvalue weighted by Gasteiger charge is -2.21. The highest BCUT2D eigenvalue weighted by Crippen LogP contribution is 2.34. The number of fused-ring (bicyclic) bond motifs is 3. The highest BCUT2D eigenvalue weighted by Gasteiger charge is 2.25. The predicted octanol–water partition coefficient (Wildman–Crippen LogP) is 4.47. The van der Waals surface area contributed by atoms with Crippen molar-refractivity contribution >= 4 is 33.5 Å². The first kappa shape index (κ1) is 17.6. The van der Waals surface area contributed by atoms with E-state index in [9.17, 15) is 4.79 Å². The summed E-state index contributed by atoms with van der Waals surface area (Å²) < 4.78 is 3.70. The Balaban J connectivity index is 0.00000204. The zero-order valence-corrected chi connectivity index (χ0v) is 17.1. The molecule has 152 valence electrons. The van der Waals surface area contributed by atoms with Crippen molar-refractivity contribution in [1.29, 1.82) is 0 Å². The number of para-hydroxylation sites is 2. The molecule has 1 aliphatic carbocycles. The van der Waals surface area contributed by atoms with Crippen molar-refractivity contribution in [3.63, 3.8) is 0 Å². The van der Waals surface area contributed by atoms with Crippen LogP contribution in [-0.4, -0.2) is 29.1 Å². The highest BCUT2D eigenvalue weighted by molar-refractivity contribution is 7.10. The van der Waals surface area contributed by atoms with Gasteiger partial charge in [-0.05, 0) is 48.4 Å². The van der Waals surface area contributed by atoms with E-state index in [2.05, 4.69) is 26.4 Å². The molecule has 8 heteroatoms. The molecule has 30 heavy (non-hydrogen) atoms. The first-order valence-electron chi connectivity index (χ1n) is 10.3. The van der Waals surface area contributed by atoms with E-state index < -0.39 is 0 Å². The molecule has 0 saturated heterocycles. The summed E-state index contributed by atoms with van der Waals surface area (Å²) in [5.41, 5.74) is 4.26. The van der Waals surface area contributed by atoms with Crippen LogP contribution in [0, 0.1) is 0 Å². The van der Waals surface area contributed by atoms with Gasteiger partial charge in [0.05, 0.1) is 23.3 Å². The number of aromatic amines is 1. The topological polar surface area (TPSA) is 81.4 Å². The number of nitrogens with one attached hydrogen (secondary N) is 1. The third-order valence-electron chi connectivity index (χ3n) is 5.95. The Morgan fingerprint density at radius 1 is 1.13 bits per heavy atom. The summed E-state index contributed by atoms with van der Waals surface area (Å²) in [5, 5.41) is 2.14. The molecule has 1 unspecified atom stereocenters. The van der Waals surface area contributed by atoms with Gasteiger partial charge >= 0.3 is 5.69 Å². The monoisotopic (exact) mass is 418 g/mol. The highest BCUT2D eigenvalue weighted by atomic mass is 32.1. The summed E-state index contributed by atoms with van der Waals surface area (Å²) in [7, 11) is 0. The fraction of sp³-hybridized carbons (Fsp3) is 0.273.